The Morgan fingerprint density at radius 1 is 1.69 bits per heavy atom. The van der Waals surface area contributed by atoms with Crippen molar-refractivity contribution >= 4 is 23.2 Å². The summed E-state index contributed by atoms with van der Waals surface area (Å²) in [6.45, 7) is 1.86. The summed E-state index contributed by atoms with van der Waals surface area (Å²) in [7, 11) is 0. The Hall–Kier alpha value is -1.29. The molecule has 1 aliphatic rings. The number of pyridine rings is 1. The Morgan fingerprint density at radius 2 is 2.44 bits per heavy atom. The summed E-state index contributed by atoms with van der Waals surface area (Å²) in [5.41, 5.74) is 1.47. The number of carbonyl (C=O) groups excluding carboxylic acids is 1. The van der Waals surface area contributed by atoms with Crippen LogP contribution in [0.5, 0.6) is 5.75 Å². The lowest BCUT2D eigenvalue weighted by atomic mass is 10.3. The maximum atomic E-state index is 11.2. The van der Waals surface area contributed by atoms with E-state index in [4.69, 9.17) is 16.3 Å². The van der Waals surface area contributed by atoms with Gasteiger partial charge < -0.3 is 10.1 Å². The van der Waals surface area contributed by atoms with Gasteiger partial charge in [-0.25, -0.2) is 0 Å². The Labute approximate surface area is 99.0 Å². The van der Waals surface area contributed by atoms with E-state index in [1.807, 2.05) is 6.92 Å². The highest BCUT2D eigenvalue weighted by Gasteiger charge is 2.25. The molecule has 0 bridgehead atoms. The van der Waals surface area contributed by atoms with Gasteiger partial charge in [0.1, 0.15) is 5.88 Å². The zero-order valence-corrected chi connectivity index (χ0v) is 9.75. The van der Waals surface area contributed by atoms with Crippen LogP contribution in [0.2, 0.25) is 0 Å². The number of aryl methyl sites for hydroxylation is 1. The molecule has 5 heteroatoms. The van der Waals surface area contributed by atoms with Crippen molar-refractivity contribution in [2.75, 3.05) is 11.2 Å². The van der Waals surface area contributed by atoms with E-state index in [2.05, 4.69) is 10.3 Å². The molecule has 1 fully saturated rings. The van der Waals surface area contributed by atoms with E-state index in [-0.39, 0.29) is 17.9 Å². The van der Waals surface area contributed by atoms with E-state index in [0.29, 0.717) is 11.4 Å². The van der Waals surface area contributed by atoms with Crippen LogP contribution in [-0.2, 0) is 4.79 Å². The number of hydrogen-bond donors (Lipinski definition) is 1. The maximum absolute atomic E-state index is 11.2. The van der Waals surface area contributed by atoms with Gasteiger partial charge in [0.05, 0.1) is 18.0 Å². The maximum Gasteiger partial charge on any atom is 0.239 e. The summed E-state index contributed by atoms with van der Waals surface area (Å²) in [6, 6.07) is 1.78. The Kier molecular flexibility index (Phi) is 3.29. The molecule has 0 aliphatic heterocycles. The molecule has 1 saturated carbocycles. The molecule has 4 nitrogen and oxygen atoms in total. The average Bonchev–Trinajstić information content (AvgIpc) is 3.06. The monoisotopic (exact) mass is 240 g/mol. The van der Waals surface area contributed by atoms with Gasteiger partial charge in [-0.15, -0.1) is 11.6 Å². The van der Waals surface area contributed by atoms with E-state index >= 15 is 0 Å². The molecule has 0 spiro atoms. The number of alkyl halides is 1. The fourth-order valence-electron chi connectivity index (χ4n) is 1.29. The van der Waals surface area contributed by atoms with Crippen LogP contribution in [0.15, 0.2) is 12.3 Å². The number of aromatic nitrogens is 1. The van der Waals surface area contributed by atoms with E-state index < -0.39 is 0 Å². The van der Waals surface area contributed by atoms with E-state index in [0.717, 1.165) is 18.5 Å². The number of carbonyl (C=O) groups is 1. The van der Waals surface area contributed by atoms with Crippen LogP contribution in [0.3, 0.4) is 0 Å². The molecule has 1 amide bonds. The van der Waals surface area contributed by atoms with Crippen LogP contribution in [-0.4, -0.2) is 22.9 Å². The van der Waals surface area contributed by atoms with E-state index in [1.165, 1.54) is 0 Å². The first kappa shape index (κ1) is 11.2. The third-order valence-electron chi connectivity index (χ3n) is 2.22. The molecule has 0 atom stereocenters. The first-order valence-electron chi connectivity index (χ1n) is 5.18. The number of amides is 1. The number of nitrogens with one attached hydrogen (secondary N) is 1. The zero-order chi connectivity index (χ0) is 11.5. The molecular weight excluding hydrogens is 228 g/mol. The molecule has 16 heavy (non-hydrogen) atoms. The quantitative estimate of drug-likeness (QED) is 0.820. The average molecular weight is 241 g/mol. The van der Waals surface area contributed by atoms with Crippen molar-refractivity contribution in [2.45, 2.75) is 25.9 Å². The number of hydrogen-bond acceptors (Lipinski definition) is 3. The molecule has 0 unspecified atom stereocenters. The lowest BCUT2D eigenvalue weighted by Crippen LogP contribution is -2.14. The highest BCUT2D eigenvalue weighted by atomic mass is 35.5. The van der Waals surface area contributed by atoms with Crippen molar-refractivity contribution in [2.24, 2.45) is 0 Å². The van der Waals surface area contributed by atoms with Crippen LogP contribution in [0, 0.1) is 6.92 Å². The molecule has 2 rings (SSSR count). The van der Waals surface area contributed by atoms with Gasteiger partial charge in [-0.05, 0) is 25.8 Å². The van der Waals surface area contributed by atoms with Crippen LogP contribution in [0.4, 0.5) is 5.69 Å². The second kappa shape index (κ2) is 4.70. The topological polar surface area (TPSA) is 51.2 Å². The largest absolute Gasteiger partial charge is 0.487 e. The Balaban J connectivity index is 2.17. The van der Waals surface area contributed by atoms with Crippen LogP contribution < -0.4 is 10.1 Å². The smallest absolute Gasteiger partial charge is 0.239 e. The minimum Gasteiger partial charge on any atom is -0.487 e. The number of rotatable bonds is 4. The number of anilines is 1. The molecular formula is C11H13ClN2O2. The van der Waals surface area contributed by atoms with Gasteiger partial charge in [0, 0.05) is 5.69 Å². The predicted octanol–water partition coefficient (Wildman–Crippen LogP) is 2.11. The second-order valence-electron chi connectivity index (χ2n) is 3.82. The predicted molar refractivity (Wildman–Crippen MR) is 62.0 cm³/mol. The second-order valence-corrected chi connectivity index (χ2v) is 4.09. The first-order chi connectivity index (χ1) is 7.69. The van der Waals surface area contributed by atoms with Crippen LogP contribution in [0.25, 0.3) is 0 Å². The summed E-state index contributed by atoms with van der Waals surface area (Å²) in [4.78, 5) is 15.4. The van der Waals surface area contributed by atoms with Crippen LogP contribution in [0.1, 0.15) is 18.5 Å². The van der Waals surface area contributed by atoms with Crippen molar-refractivity contribution in [1.29, 1.82) is 0 Å². The minimum atomic E-state index is -0.243. The SMILES string of the molecule is Cc1cc(NC(=O)CCl)c(OC2CC2)cn1. The third-order valence-corrected chi connectivity index (χ3v) is 2.46. The van der Waals surface area contributed by atoms with Crippen molar-refractivity contribution in [3.63, 3.8) is 0 Å². The molecule has 0 aromatic carbocycles. The van der Waals surface area contributed by atoms with Gasteiger partial charge in [0.15, 0.2) is 5.75 Å². The molecule has 86 valence electrons. The minimum absolute atomic E-state index is 0.0652. The molecule has 1 aromatic heterocycles. The van der Waals surface area contributed by atoms with Gasteiger partial charge >= 0.3 is 0 Å². The molecule has 0 radical (unpaired) electrons. The van der Waals surface area contributed by atoms with Gasteiger partial charge in [0.25, 0.3) is 0 Å². The van der Waals surface area contributed by atoms with Crippen molar-refractivity contribution in [3.05, 3.63) is 18.0 Å². The molecule has 1 heterocycles. The fraction of sp³-hybridized carbons (Fsp3) is 0.455. The summed E-state index contributed by atoms with van der Waals surface area (Å²) in [6.07, 6.45) is 4.04. The van der Waals surface area contributed by atoms with E-state index in [9.17, 15) is 4.79 Å². The first-order valence-corrected chi connectivity index (χ1v) is 5.71. The Bertz CT molecular complexity index is 405. The van der Waals surface area contributed by atoms with Gasteiger partial charge in [0.2, 0.25) is 5.91 Å². The molecule has 0 saturated heterocycles. The van der Waals surface area contributed by atoms with Crippen molar-refractivity contribution in [3.8, 4) is 5.75 Å². The summed E-state index contributed by atoms with van der Waals surface area (Å²) >= 11 is 5.44. The summed E-state index contributed by atoms with van der Waals surface area (Å²) < 4.78 is 5.64. The number of halogens is 1. The van der Waals surface area contributed by atoms with Crippen molar-refractivity contribution in [1.82, 2.24) is 4.98 Å². The normalized spacial score (nSPS) is 14.6. The van der Waals surface area contributed by atoms with Gasteiger partial charge in [-0.2, -0.15) is 0 Å². The lowest BCUT2D eigenvalue weighted by molar-refractivity contribution is -0.113. The molecule has 1 aliphatic carbocycles. The lowest BCUT2D eigenvalue weighted by Gasteiger charge is -2.11. The van der Waals surface area contributed by atoms with Crippen molar-refractivity contribution < 1.29 is 9.53 Å². The third kappa shape index (κ3) is 2.85. The number of nitrogens with zero attached hydrogens (tertiary/aromatic N) is 1. The van der Waals surface area contributed by atoms with Gasteiger partial charge in [-0.3, -0.25) is 9.78 Å². The summed E-state index contributed by atoms with van der Waals surface area (Å²) in [5, 5.41) is 2.70. The Morgan fingerprint density at radius 3 is 3.06 bits per heavy atom. The summed E-state index contributed by atoms with van der Waals surface area (Å²) in [5.74, 6) is 0.309. The highest BCUT2D eigenvalue weighted by molar-refractivity contribution is 6.29. The highest BCUT2D eigenvalue weighted by Crippen LogP contribution is 2.31. The van der Waals surface area contributed by atoms with Crippen LogP contribution >= 0.6 is 11.6 Å². The van der Waals surface area contributed by atoms with E-state index in [1.54, 1.807) is 12.3 Å². The molecule has 1 aromatic rings. The van der Waals surface area contributed by atoms with Gasteiger partial charge in [-0.1, -0.05) is 0 Å². The zero-order valence-electron chi connectivity index (χ0n) is 9.00. The standard InChI is InChI=1S/C11H13ClN2O2/c1-7-4-9(14-11(15)5-12)10(6-13-7)16-8-2-3-8/h4,6,8H,2-3,5H2,1H3,(H,13,14,15). The number of ether oxygens (including phenoxy) is 1. The fourth-order valence-corrected chi connectivity index (χ4v) is 1.35. The molecule has 1 N–H and O–H groups in total.